The Morgan fingerprint density at radius 1 is 1.36 bits per heavy atom. The summed E-state index contributed by atoms with van der Waals surface area (Å²) >= 11 is 0. The normalized spacial score (nSPS) is 29.5. The summed E-state index contributed by atoms with van der Waals surface area (Å²) < 4.78 is 17.7. The van der Waals surface area contributed by atoms with E-state index in [1.54, 1.807) is 0 Å². The van der Waals surface area contributed by atoms with E-state index in [2.05, 4.69) is 0 Å². The van der Waals surface area contributed by atoms with Crippen molar-refractivity contribution in [3.05, 3.63) is 23.2 Å². The molecular weight excluding hydrogens is 318 g/mol. The first-order valence-electron chi connectivity index (χ1n) is 9.63. The monoisotopic (exact) mass is 347 g/mol. The number of amides is 1. The lowest BCUT2D eigenvalue weighted by molar-refractivity contribution is -0.147. The predicted molar refractivity (Wildman–Crippen MR) is 93.7 cm³/mol. The lowest BCUT2D eigenvalue weighted by atomic mass is 9.73. The molecule has 1 aromatic rings. The van der Waals surface area contributed by atoms with Crippen LogP contribution in [0.4, 0.5) is 0 Å². The minimum absolute atomic E-state index is 0.0479. The molecule has 0 bridgehead atoms. The summed E-state index contributed by atoms with van der Waals surface area (Å²) in [5.74, 6) is 2.35. The smallest absolute Gasteiger partial charge is 0.257 e. The van der Waals surface area contributed by atoms with Gasteiger partial charge in [-0.15, -0.1) is 0 Å². The van der Waals surface area contributed by atoms with E-state index in [-0.39, 0.29) is 17.4 Å². The van der Waals surface area contributed by atoms with Gasteiger partial charge in [0.2, 0.25) is 0 Å². The lowest BCUT2D eigenvalue weighted by Crippen LogP contribution is -2.58. The summed E-state index contributed by atoms with van der Waals surface area (Å²) in [5, 5.41) is 0. The fourth-order valence-corrected chi connectivity index (χ4v) is 4.40. The maximum atomic E-state index is 13.0. The van der Waals surface area contributed by atoms with Crippen molar-refractivity contribution < 1.29 is 18.7 Å². The quantitative estimate of drug-likeness (QED) is 0.820. The Hall–Kier alpha value is -1.33. The third-order valence-corrected chi connectivity index (χ3v) is 5.99. The molecule has 2 atom stereocenters. The van der Waals surface area contributed by atoms with Gasteiger partial charge >= 0.3 is 0 Å². The number of furan rings is 1. The average molecular weight is 347 g/mol. The highest BCUT2D eigenvalue weighted by Crippen LogP contribution is 2.41. The van der Waals surface area contributed by atoms with Gasteiger partial charge in [-0.3, -0.25) is 4.79 Å². The number of aryl methyl sites for hydroxylation is 2. The fraction of sp³-hybridized carbons (Fsp3) is 0.750. The van der Waals surface area contributed by atoms with Gasteiger partial charge in [-0.05, 0) is 57.9 Å². The van der Waals surface area contributed by atoms with Crippen LogP contribution >= 0.6 is 0 Å². The number of fused-ring (bicyclic) bond motifs is 1. The van der Waals surface area contributed by atoms with Crippen molar-refractivity contribution in [3.63, 3.8) is 0 Å². The highest BCUT2D eigenvalue weighted by atomic mass is 16.5. The predicted octanol–water partition coefficient (Wildman–Crippen LogP) is 3.33. The number of rotatable bonds is 5. The summed E-state index contributed by atoms with van der Waals surface area (Å²) in [7, 11) is 0. The van der Waals surface area contributed by atoms with Crippen LogP contribution in [0.3, 0.4) is 0 Å². The fourth-order valence-electron chi connectivity index (χ4n) is 4.40. The van der Waals surface area contributed by atoms with Crippen molar-refractivity contribution in [2.45, 2.75) is 52.1 Å². The molecule has 0 spiro atoms. The average Bonchev–Trinajstić information content (AvgIpc) is 3.36. The molecule has 2 saturated heterocycles. The third kappa shape index (κ3) is 3.49. The Balaban J connectivity index is 1.48. The second-order valence-electron chi connectivity index (χ2n) is 8.13. The minimum Gasteiger partial charge on any atom is -0.466 e. The van der Waals surface area contributed by atoms with Crippen LogP contribution in [0.5, 0.6) is 0 Å². The molecule has 0 N–H and O–H groups in total. The number of carbonyl (C=O) groups is 1. The van der Waals surface area contributed by atoms with Crippen molar-refractivity contribution >= 4 is 5.91 Å². The summed E-state index contributed by atoms with van der Waals surface area (Å²) in [6.45, 7) is 7.64. The molecular formula is C20H29NO4. The topological polar surface area (TPSA) is 51.9 Å². The van der Waals surface area contributed by atoms with Gasteiger partial charge in [-0.25, -0.2) is 0 Å². The van der Waals surface area contributed by atoms with Gasteiger partial charge in [0.15, 0.2) is 0 Å². The highest BCUT2D eigenvalue weighted by molar-refractivity contribution is 5.95. The van der Waals surface area contributed by atoms with Gasteiger partial charge < -0.3 is 18.8 Å². The zero-order chi connectivity index (χ0) is 17.4. The number of nitrogens with zero attached hydrogens (tertiary/aromatic N) is 1. The third-order valence-electron chi connectivity index (χ3n) is 5.99. The van der Waals surface area contributed by atoms with E-state index in [1.807, 2.05) is 24.8 Å². The maximum Gasteiger partial charge on any atom is 0.257 e. The maximum absolute atomic E-state index is 13.0. The molecule has 1 aromatic heterocycles. The molecule has 5 heteroatoms. The first-order chi connectivity index (χ1) is 12.1. The molecule has 5 nitrogen and oxygen atoms in total. The number of hydrogen-bond acceptors (Lipinski definition) is 4. The van der Waals surface area contributed by atoms with Gasteiger partial charge in [0, 0.05) is 31.7 Å². The molecule has 3 fully saturated rings. The van der Waals surface area contributed by atoms with Gasteiger partial charge in [0.1, 0.15) is 11.5 Å². The number of carbonyl (C=O) groups excluding carboxylic acids is 1. The van der Waals surface area contributed by atoms with Crippen LogP contribution in [0.25, 0.3) is 0 Å². The Bertz CT molecular complexity index is 636. The van der Waals surface area contributed by atoms with E-state index in [0.717, 1.165) is 57.2 Å². The number of likely N-dealkylation sites (tertiary alicyclic amines) is 1. The summed E-state index contributed by atoms with van der Waals surface area (Å²) in [4.78, 5) is 15.0. The highest BCUT2D eigenvalue weighted by Gasteiger charge is 2.47. The number of hydrogen-bond donors (Lipinski definition) is 0. The van der Waals surface area contributed by atoms with E-state index in [0.29, 0.717) is 17.9 Å². The van der Waals surface area contributed by atoms with E-state index < -0.39 is 0 Å². The van der Waals surface area contributed by atoms with E-state index in [1.165, 1.54) is 12.8 Å². The summed E-state index contributed by atoms with van der Waals surface area (Å²) in [6, 6.07) is 1.86. The van der Waals surface area contributed by atoms with Crippen molar-refractivity contribution in [1.82, 2.24) is 4.90 Å². The lowest BCUT2D eigenvalue weighted by Gasteiger charge is -2.50. The first-order valence-corrected chi connectivity index (χ1v) is 9.63. The molecule has 4 rings (SSSR count). The van der Waals surface area contributed by atoms with Crippen molar-refractivity contribution in [3.8, 4) is 0 Å². The molecule has 3 aliphatic rings. The van der Waals surface area contributed by atoms with Gasteiger partial charge in [-0.2, -0.15) is 0 Å². The first kappa shape index (κ1) is 17.1. The molecule has 1 aliphatic carbocycles. The van der Waals surface area contributed by atoms with Crippen molar-refractivity contribution in [2.24, 2.45) is 11.3 Å². The van der Waals surface area contributed by atoms with Crippen LogP contribution in [0, 0.1) is 25.2 Å². The Morgan fingerprint density at radius 3 is 2.92 bits per heavy atom. The van der Waals surface area contributed by atoms with Gasteiger partial charge in [0.05, 0.1) is 18.3 Å². The van der Waals surface area contributed by atoms with Gasteiger partial charge in [0.25, 0.3) is 5.91 Å². The zero-order valence-electron chi connectivity index (χ0n) is 15.4. The van der Waals surface area contributed by atoms with Crippen LogP contribution in [-0.2, 0) is 9.47 Å². The number of piperidine rings is 1. The SMILES string of the molecule is Cc1cc(C(=O)N2CC[C@@H]3OCCC[C@]3(COCC3CC3)C2)c(C)o1. The van der Waals surface area contributed by atoms with Crippen LogP contribution in [0.1, 0.15) is 54.0 Å². The molecule has 138 valence electrons. The molecule has 0 aromatic carbocycles. The van der Waals surface area contributed by atoms with E-state index in [9.17, 15) is 4.79 Å². The Kier molecular flexibility index (Phi) is 4.63. The molecule has 25 heavy (non-hydrogen) atoms. The molecule has 1 saturated carbocycles. The van der Waals surface area contributed by atoms with Crippen LogP contribution in [0.15, 0.2) is 10.5 Å². The van der Waals surface area contributed by atoms with Crippen LogP contribution in [-0.4, -0.2) is 49.8 Å². The largest absolute Gasteiger partial charge is 0.466 e. The minimum atomic E-state index is -0.0479. The summed E-state index contributed by atoms with van der Waals surface area (Å²) in [6.07, 6.45) is 5.85. The number of ether oxygens (including phenoxy) is 2. The standard InChI is InChI=1S/C20H29NO4/c1-14-10-17(15(2)25-14)19(22)21-8-6-18-20(12-21,7-3-9-24-18)13-23-11-16-4-5-16/h10,16,18H,3-9,11-13H2,1-2H3/t18-,20+/m0/s1. The Labute approximate surface area is 149 Å². The van der Waals surface area contributed by atoms with Crippen molar-refractivity contribution in [2.75, 3.05) is 32.9 Å². The second-order valence-corrected chi connectivity index (χ2v) is 8.13. The van der Waals surface area contributed by atoms with E-state index in [4.69, 9.17) is 13.9 Å². The second kappa shape index (κ2) is 6.76. The Morgan fingerprint density at radius 2 is 2.20 bits per heavy atom. The molecule has 1 amide bonds. The molecule has 2 aliphatic heterocycles. The van der Waals surface area contributed by atoms with Gasteiger partial charge in [-0.1, -0.05) is 0 Å². The van der Waals surface area contributed by atoms with Crippen LogP contribution in [0.2, 0.25) is 0 Å². The molecule has 3 heterocycles. The van der Waals surface area contributed by atoms with Crippen LogP contribution < -0.4 is 0 Å². The van der Waals surface area contributed by atoms with Crippen molar-refractivity contribution in [1.29, 1.82) is 0 Å². The zero-order valence-corrected chi connectivity index (χ0v) is 15.4. The molecule has 0 unspecified atom stereocenters. The van der Waals surface area contributed by atoms with E-state index >= 15 is 0 Å². The molecule has 0 radical (unpaired) electrons. The summed E-state index contributed by atoms with van der Waals surface area (Å²) in [5.41, 5.74) is 0.648.